The van der Waals surface area contributed by atoms with Crippen molar-refractivity contribution in [2.24, 2.45) is 5.92 Å². The summed E-state index contributed by atoms with van der Waals surface area (Å²) in [7, 11) is 0. The number of benzene rings is 1. The molecule has 2 aliphatic rings. The number of amides is 2. The summed E-state index contributed by atoms with van der Waals surface area (Å²) < 4.78 is 0. The summed E-state index contributed by atoms with van der Waals surface area (Å²) in [4.78, 5) is 26.5. The van der Waals surface area contributed by atoms with E-state index in [0.717, 1.165) is 37.9 Å². The third-order valence-corrected chi connectivity index (χ3v) is 5.57. The second kappa shape index (κ2) is 8.70. The Bertz CT molecular complexity index is 646. The Hall–Kier alpha value is -1.84. The van der Waals surface area contributed by atoms with Crippen molar-refractivity contribution in [2.75, 3.05) is 13.1 Å². The molecule has 1 aliphatic heterocycles. The van der Waals surface area contributed by atoms with E-state index in [2.05, 4.69) is 37.4 Å². The number of nitrogens with zero attached hydrogens (tertiary/aromatic N) is 1. The van der Waals surface area contributed by atoms with E-state index in [4.69, 9.17) is 0 Å². The van der Waals surface area contributed by atoms with Gasteiger partial charge in [-0.3, -0.25) is 9.59 Å². The minimum absolute atomic E-state index is 0.104. The molecule has 26 heavy (non-hydrogen) atoms. The summed E-state index contributed by atoms with van der Waals surface area (Å²) in [5.74, 6) is 0.753. The topological polar surface area (TPSA) is 49.4 Å². The van der Waals surface area contributed by atoms with Crippen LogP contribution in [0.25, 0.3) is 0 Å². The molecule has 142 valence electrons. The van der Waals surface area contributed by atoms with Crippen molar-refractivity contribution < 1.29 is 9.59 Å². The number of aryl methyl sites for hydroxylation is 2. The van der Waals surface area contributed by atoms with Crippen LogP contribution in [-0.4, -0.2) is 35.8 Å². The van der Waals surface area contributed by atoms with Crippen LogP contribution >= 0.6 is 0 Å². The molecular weight excluding hydrogens is 324 g/mol. The Morgan fingerprint density at radius 1 is 1.12 bits per heavy atom. The Kier molecular flexibility index (Phi) is 6.33. The molecule has 0 aromatic heterocycles. The van der Waals surface area contributed by atoms with Crippen LogP contribution in [0.3, 0.4) is 0 Å². The van der Waals surface area contributed by atoms with Gasteiger partial charge in [0.2, 0.25) is 11.8 Å². The lowest BCUT2D eigenvalue weighted by Gasteiger charge is -2.33. The third kappa shape index (κ3) is 5.09. The quantitative estimate of drug-likeness (QED) is 0.880. The molecule has 1 aromatic carbocycles. The van der Waals surface area contributed by atoms with Gasteiger partial charge in [-0.1, -0.05) is 32.0 Å². The monoisotopic (exact) mass is 356 g/mol. The van der Waals surface area contributed by atoms with Gasteiger partial charge in [0.15, 0.2) is 0 Å². The van der Waals surface area contributed by atoms with Gasteiger partial charge in [0, 0.05) is 25.6 Å². The maximum atomic E-state index is 12.4. The fourth-order valence-corrected chi connectivity index (χ4v) is 4.11. The molecule has 1 aromatic rings. The number of carbonyl (C=O) groups excluding carboxylic acids is 2. The minimum atomic E-state index is 0.104. The van der Waals surface area contributed by atoms with E-state index in [0.29, 0.717) is 18.8 Å². The van der Waals surface area contributed by atoms with E-state index in [1.54, 1.807) is 0 Å². The van der Waals surface area contributed by atoms with Crippen LogP contribution in [0.2, 0.25) is 0 Å². The molecule has 4 heteroatoms. The molecule has 0 saturated carbocycles. The second-order valence-electron chi connectivity index (χ2n) is 8.31. The van der Waals surface area contributed by atoms with Crippen LogP contribution in [0.4, 0.5) is 0 Å². The normalized spacial score (nSPS) is 17.9. The van der Waals surface area contributed by atoms with Gasteiger partial charge < -0.3 is 10.2 Å². The van der Waals surface area contributed by atoms with Crippen molar-refractivity contribution in [3.8, 4) is 0 Å². The van der Waals surface area contributed by atoms with E-state index in [1.807, 2.05) is 4.90 Å². The second-order valence-corrected chi connectivity index (χ2v) is 8.31. The zero-order chi connectivity index (χ0) is 18.5. The standard InChI is InChI=1S/C22H32N2O2/c1-16(2)13-22(26)24-11-9-20(10-12-24)23-21(25)15-17-7-8-18-5-3-4-6-19(18)14-17/h7-8,14,16,20H,3-6,9-13,15H2,1-2H3,(H,23,25). The summed E-state index contributed by atoms with van der Waals surface area (Å²) in [5, 5.41) is 3.17. The Morgan fingerprint density at radius 3 is 2.50 bits per heavy atom. The summed E-state index contributed by atoms with van der Waals surface area (Å²) >= 11 is 0. The van der Waals surface area contributed by atoms with Crippen molar-refractivity contribution in [3.05, 3.63) is 34.9 Å². The van der Waals surface area contributed by atoms with Gasteiger partial charge in [0.1, 0.15) is 0 Å². The van der Waals surface area contributed by atoms with Gasteiger partial charge in [-0.05, 0) is 61.1 Å². The zero-order valence-corrected chi connectivity index (χ0v) is 16.2. The average Bonchev–Trinajstić information content (AvgIpc) is 2.61. The molecule has 4 nitrogen and oxygen atoms in total. The van der Waals surface area contributed by atoms with Gasteiger partial charge in [0.25, 0.3) is 0 Å². The summed E-state index contributed by atoms with van der Waals surface area (Å²) in [6.07, 6.45) is 7.67. The minimum Gasteiger partial charge on any atom is -0.353 e. The maximum absolute atomic E-state index is 12.4. The van der Waals surface area contributed by atoms with Crippen LogP contribution in [0.15, 0.2) is 18.2 Å². The average molecular weight is 357 g/mol. The van der Waals surface area contributed by atoms with Gasteiger partial charge >= 0.3 is 0 Å². The number of carbonyl (C=O) groups is 2. The first-order valence-electron chi connectivity index (χ1n) is 10.2. The highest BCUT2D eigenvalue weighted by molar-refractivity contribution is 5.79. The van der Waals surface area contributed by atoms with Gasteiger partial charge in [-0.15, -0.1) is 0 Å². The maximum Gasteiger partial charge on any atom is 0.224 e. The lowest BCUT2D eigenvalue weighted by Crippen LogP contribution is -2.47. The fraction of sp³-hybridized carbons (Fsp3) is 0.636. The van der Waals surface area contributed by atoms with Crippen molar-refractivity contribution in [2.45, 2.75) is 71.3 Å². The van der Waals surface area contributed by atoms with Gasteiger partial charge in [0.05, 0.1) is 6.42 Å². The summed E-state index contributed by atoms with van der Waals surface area (Å²) in [5.41, 5.74) is 4.00. The summed E-state index contributed by atoms with van der Waals surface area (Å²) in [6, 6.07) is 6.73. The molecule has 0 radical (unpaired) electrons. The van der Waals surface area contributed by atoms with E-state index < -0.39 is 0 Å². The van der Waals surface area contributed by atoms with Crippen molar-refractivity contribution >= 4 is 11.8 Å². The molecule has 1 fully saturated rings. The smallest absolute Gasteiger partial charge is 0.224 e. The predicted octanol–water partition coefficient (Wildman–Crippen LogP) is 3.26. The van der Waals surface area contributed by atoms with E-state index in [1.165, 1.54) is 30.4 Å². The number of fused-ring (bicyclic) bond motifs is 1. The van der Waals surface area contributed by atoms with Gasteiger partial charge in [-0.2, -0.15) is 0 Å². The molecule has 0 unspecified atom stereocenters. The highest BCUT2D eigenvalue weighted by Crippen LogP contribution is 2.22. The first kappa shape index (κ1) is 18.9. The highest BCUT2D eigenvalue weighted by atomic mass is 16.2. The molecule has 0 spiro atoms. The number of rotatable bonds is 5. The number of piperidine rings is 1. The molecule has 1 heterocycles. The predicted molar refractivity (Wildman–Crippen MR) is 104 cm³/mol. The van der Waals surface area contributed by atoms with E-state index in [-0.39, 0.29) is 17.9 Å². The van der Waals surface area contributed by atoms with Gasteiger partial charge in [-0.25, -0.2) is 0 Å². The molecule has 1 saturated heterocycles. The van der Waals surface area contributed by atoms with Crippen LogP contribution in [0.1, 0.15) is 62.6 Å². The van der Waals surface area contributed by atoms with Crippen LogP contribution in [0, 0.1) is 5.92 Å². The largest absolute Gasteiger partial charge is 0.353 e. The summed E-state index contributed by atoms with van der Waals surface area (Å²) in [6.45, 7) is 5.67. The number of likely N-dealkylation sites (tertiary alicyclic amines) is 1. The first-order chi connectivity index (χ1) is 12.5. The third-order valence-electron chi connectivity index (χ3n) is 5.57. The lowest BCUT2D eigenvalue weighted by atomic mass is 9.90. The lowest BCUT2D eigenvalue weighted by molar-refractivity contribution is -0.133. The fourth-order valence-electron chi connectivity index (χ4n) is 4.11. The van der Waals surface area contributed by atoms with Crippen LogP contribution in [0.5, 0.6) is 0 Å². The van der Waals surface area contributed by atoms with Crippen molar-refractivity contribution in [1.29, 1.82) is 0 Å². The van der Waals surface area contributed by atoms with Crippen molar-refractivity contribution in [1.82, 2.24) is 10.2 Å². The Morgan fingerprint density at radius 2 is 1.81 bits per heavy atom. The number of nitrogens with one attached hydrogen (secondary N) is 1. The zero-order valence-electron chi connectivity index (χ0n) is 16.2. The van der Waals surface area contributed by atoms with Crippen molar-refractivity contribution in [3.63, 3.8) is 0 Å². The first-order valence-corrected chi connectivity index (χ1v) is 10.2. The van der Waals surface area contributed by atoms with Crippen LogP contribution < -0.4 is 5.32 Å². The molecule has 0 bridgehead atoms. The molecule has 2 amide bonds. The SMILES string of the molecule is CC(C)CC(=O)N1CCC(NC(=O)Cc2ccc3c(c2)CCCC3)CC1. The van der Waals surface area contributed by atoms with Crippen LogP contribution in [-0.2, 0) is 28.9 Å². The number of hydrogen-bond donors (Lipinski definition) is 1. The molecule has 0 atom stereocenters. The van der Waals surface area contributed by atoms with E-state index >= 15 is 0 Å². The van der Waals surface area contributed by atoms with E-state index in [9.17, 15) is 9.59 Å². The number of hydrogen-bond acceptors (Lipinski definition) is 2. The molecular formula is C22H32N2O2. The molecule has 3 rings (SSSR count). The Labute approximate surface area is 157 Å². The Balaban J connectivity index is 1.45. The molecule has 1 aliphatic carbocycles. The highest BCUT2D eigenvalue weighted by Gasteiger charge is 2.24. The molecule has 1 N–H and O–H groups in total.